The van der Waals surface area contributed by atoms with E-state index in [1.165, 1.54) is 0 Å². The Balaban J connectivity index is 2.41. The van der Waals surface area contributed by atoms with Gasteiger partial charge in [-0.25, -0.2) is 0 Å². The Morgan fingerprint density at radius 3 is 2.81 bits per heavy atom. The molecule has 5 nitrogen and oxygen atoms in total. The van der Waals surface area contributed by atoms with Gasteiger partial charge < -0.3 is 11.5 Å². The van der Waals surface area contributed by atoms with E-state index in [-0.39, 0.29) is 0 Å². The van der Waals surface area contributed by atoms with Crippen LogP contribution in [-0.2, 0) is 6.54 Å². The third-order valence-electron chi connectivity index (χ3n) is 2.28. The van der Waals surface area contributed by atoms with Crippen molar-refractivity contribution in [3.63, 3.8) is 0 Å². The van der Waals surface area contributed by atoms with Crippen molar-refractivity contribution in [1.82, 2.24) is 9.78 Å². The zero-order valence-corrected chi connectivity index (χ0v) is 9.91. The van der Waals surface area contributed by atoms with Crippen molar-refractivity contribution in [2.24, 2.45) is 16.6 Å². The van der Waals surface area contributed by atoms with Crippen molar-refractivity contribution in [3.05, 3.63) is 12.3 Å². The average Bonchev–Trinajstić information content (AvgIpc) is 2.72. The number of hydrogen-bond donors (Lipinski definition) is 3. The molecule has 0 aliphatic heterocycles. The van der Waals surface area contributed by atoms with Gasteiger partial charge in [-0.3, -0.25) is 9.82 Å². The number of rotatable bonds is 6. The normalized spacial score (nSPS) is 11.4. The van der Waals surface area contributed by atoms with E-state index < -0.39 is 5.66 Å². The summed E-state index contributed by atoms with van der Waals surface area (Å²) in [5.41, 5.74) is 11.1. The molecule has 0 radical (unpaired) electrons. The first kappa shape index (κ1) is 13.1. The highest BCUT2D eigenvalue weighted by molar-refractivity contribution is 7.97. The lowest BCUT2D eigenvalue weighted by Crippen LogP contribution is -2.49. The maximum Gasteiger partial charge on any atom is 0.133 e. The fraction of sp³-hybridized carbons (Fsp3) is 0.500. The smallest absolute Gasteiger partial charge is 0.133 e. The SMILES string of the molecule is C#CCCC(N)(N)CCn1ccc(SN)n1. The lowest BCUT2D eigenvalue weighted by Gasteiger charge is -2.23. The molecular formula is C10H17N5S. The van der Waals surface area contributed by atoms with Gasteiger partial charge in [-0.2, -0.15) is 5.10 Å². The Morgan fingerprint density at radius 2 is 2.25 bits per heavy atom. The maximum absolute atomic E-state index is 5.90. The molecule has 1 aromatic rings. The molecule has 1 aromatic heterocycles. The molecule has 0 saturated carbocycles. The molecule has 6 N–H and O–H groups in total. The monoisotopic (exact) mass is 239 g/mol. The Hall–Kier alpha value is -1.00. The van der Waals surface area contributed by atoms with Gasteiger partial charge in [0.2, 0.25) is 0 Å². The predicted octanol–water partition coefficient (Wildman–Crippen LogP) is 0.266. The Morgan fingerprint density at radius 1 is 1.50 bits per heavy atom. The van der Waals surface area contributed by atoms with Gasteiger partial charge in [-0.1, -0.05) is 0 Å². The van der Waals surface area contributed by atoms with E-state index in [0.29, 0.717) is 25.8 Å². The number of aromatic nitrogens is 2. The minimum atomic E-state index is -0.728. The summed E-state index contributed by atoms with van der Waals surface area (Å²) in [5.74, 6) is 2.53. The first-order chi connectivity index (χ1) is 7.57. The topological polar surface area (TPSA) is 95.9 Å². The molecule has 0 aliphatic carbocycles. The highest BCUT2D eigenvalue weighted by atomic mass is 32.2. The molecule has 0 unspecified atom stereocenters. The zero-order valence-electron chi connectivity index (χ0n) is 9.10. The first-order valence-electron chi connectivity index (χ1n) is 4.99. The van der Waals surface area contributed by atoms with Crippen molar-refractivity contribution < 1.29 is 0 Å². The summed E-state index contributed by atoms with van der Waals surface area (Å²) in [6, 6.07) is 1.85. The van der Waals surface area contributed by atoms with Crippen LogP contribution >= 0.6 is 11.9 Å². The van der Waals surface area contributed by atoms with Gasteiger partial charge in [0.05, 0.1) is 5.66 Å². The Kier molecular flexibility index (Phi) is 4.83. The van der Waals surface area contributed by atoms with Crippen LogP contribution in [0.25, 0.3) is 0 Å². The molecule has 0 fully saturated rings. The Labute approximate surface area is 99.9 Å². The molecule has 0 saturated heterocycles. The van der Waals surface area contributed by atoms with Gasteiger partial charge in [0.1, 0.15) is 5.03 Å². The van der Waals surface area contributed by atoms with Gasteiger partial charge in [-0.15, -0.1) is 12.3 Å². The van der Waals surface area contributed by atoms with Crippen LogP contribution in [0.2, 0.25) is 0 Å². The van der Waals surface area contributed by atoms with Crippen molar-refractivity contribution in [1.29, 1.82) is 0 Å². The summed E-state index contributed by atoms with van der Waals surface area (Å²) in [5, 5.41) is 10.4. The first-order valence-corrected chi connectivity index (χ1v) is 5.87. The minimum Gasteiger partial charge on any atom is -0.313 e. The van der Waals surface area contributed by atoms with Crippen LogP contribution in [0.4, 0.5) is 0 Å². The number of nitrogens with two attached hydrogens (primary N) is 3. The molecular weight excluding hydrogens is 222 g/mol. The summed E-state index contributed by atoms with van der Waals surface area (Å²) in [4.78, 5) is 0. The van der Waals surface area contributed by atoms with E-state index >= 15 is 0 Å². The standard InChI is InChI=1S/C10H17N5S/c1-2-3-5-10(11,12)6-8-15-7-4-9(14-15)16-13/h1,4,7H,3,5-6,8,11-13H2. The van der Waals surface area contributed by atoms with Crippen LogP contribution in [0.5, 0.6) is 0 Å². The molecule has 1 rings (SSSR count). The molecule has 0 aliphatic rings. The minimum absolute atomic E-state index is 0.593. The van der Waals surface area contributed by atoms with Crippen molar-refractivity contribution >= 4 is 11.9 Å². The van der Waals surface area contributed by atoms with Crippen molar-refractivity contribution in [3.8, 4) is 12.3 Å². The second-order valence-corrected chi connectivity index (χ2v) is 4.38. The van der Waals surface area contributed by atoms with Crippen LogP contribution in [-0.4, -0.2) is 15.4 Å². The van der Waals surface area contributed by atoms with Crippen LogP contribution < -0.4 is 16.6 Å². The van der Waals surface area contributed by atoms with Crippen LogP contribution in [0, 0.1) is 12.3 Å². The van der Waals surface area contributed by atoms with Gasteiger partial charge in [0, 0.05) is 19.2 Å². The Bertz CT molecular complexity index is 366. The second-order valence-electron chi connectivity index (χ2n) is 3.72. The van der Waals surface area contributed by atoms with E-state index in [4.69, 9.17) is 23.0 Å². The quantitative estimate of drug-likeness (QED) is 0.376. The number of nitrogens with zero attached hydrogens (tertiary/aromatic N) is 2. The van der Waals surface area contributed by atoms with E-state index in [9.17, 15) is 0 Å². The summed E-state index contributed by atoms with van der Waals surface area (Å²) >= 11 is 1.12. The zero-order chi connectivity index (χ0) is 12.0. The lowest BCUT2D eigenvalue weighted by atomic mass is 10.0. The predicted molar refractivity (Wildman–Crippen MR) is 66.1 cm³/mol. The van der Waals surface area contributed by atoms with E-state index in [1.807, 2.05) is 12.3 Å². The molecule has 88 valence electrons. The van der Waals surface area contributed by atoms with E-state index in [0.717, 1.165) is 17.0 Å². The molecule has 16 heavy (non-hydrogen) atoms. The van der Waals surface area contributed by atoms with Crippen molar-refractivity contribution in [2.75, 3.05) is 0 Å². The largest absolute Gasteiger partial charge is 0.313 e. The molecule has 6 heteroatoms. The van der Waals surface area contributed by atoms with Gasteiger partial charge >= 0.3 is 0 Å². The summed E-state index contributed by atoms with van der Waals surface area (Å²) in [7, 11) is 0. The lowest BCUT2D eigenvalue weighted by molar-refractivity contribution is 0.350. The fourth-order valence-electron chi connectivity index (χ4n) is 1.28. The average molecular weight is 239 g/mol. The maximum atomic E-state index is 5.90. The highest BCUT2D eigenvalue weighted by Gasteiger charge is 2.18. The van der Waals surface area contributed by atoms with E-state index in [2.05, 4.69) is 11.0 Å². The second kappa shape index (κ2) is 5.92. The summed E-state index contributed by atoms with van der Waals surface area (Å²) < 4.78 is 1.78. The third kappa shape index (κ3) is 4.24. The van der Waals surface area contributed by atoms with E-state index in [1.54, 1.807) is 4.68 Å². The fourth-order valence-corrected chi connectivity index (χ4v) is 1.57. The third-order valence-corrected chi connectivity index (χ3v) is 2.74. The van der Waals surface area contributed by atoms with Gasteiger partial charge in [0.15, 0.2) is 0 Å². The molecule has 0 amide bonds. The van der Waals surface area contributed by atoms with Crippen LogP contribution in [0.1, 0.15) is 19.3 Å². The van der Waals surface area contributed by atoms with Crippen LogP contribution in [0.3, 0.4) is 0 Å². The van der Waals surface area contributed by atoms with Crippen LogP contribution in [0.15, 0.2) is 17.3 Å². The molecule has 0 spiro atoms. The number of terminal acetylenes is 1. The molecule has 0 bridgehead atoms. The van der Waals surface area contributed by atoms with Gasteiger partial charge in [0.25, 0.3) is 0 Å². The molecule has 1 heterocycles. The molecule has 0 aromatic carbocycles. The summed E-state index contributed by atoms with van der Waals surface area (Å²) in [6.45, 7) is 0.665. The highest BCUT2D eigenvalue weighted by Crippen LogP contribution is 2.11. The number of hydrogen-bond acceptors (Lipinski definition) is 5. The van der Waals surface area contributed by atoms with Gasteiger partial charge in [-0.05, 0) is 30.9 Å². The van der Waals surface area contributed by atoms with Crippen molar-refractivity contribution in [2.45, 2.75) is 36.5 Å². The molecule has 0 atom stereocenters. The summed E-state index contributed by atoms with van der Waals surface area (Å²) in [6.07, 6.45) is 8.86. The number of aryl methyl sites for hydroxylation is 1.